The topological polar surface area (TPSA) is 53.2 Å². The summed E-state index contributed by atoms with van der Waals surface area (Å²) in [5.41, 5.74) is -1.11. The molecular weight excluding hydrogens is 253 g/mol. The Morgan fingerprint density at radius 2 is 2.00 bits per heavy atom. The Kier molecular flexibility index (Phi) is 4.71. The summed E-state index contributed by atoms with van der Waals surface area (Å²) in [6.45, 7) is 0.159. The Morgan fingerprint density at radius 3 is 2.56 bits per heavy atom. The fourth-order valence-electron chi connectivity index (χ4n) is 1.35. The minimum atomic E-state index is -4.41. The van der Waals surface area contributed by atoms with Crippen molar-refractivity contribution < 1.29 is 17.9 Å². The number of alkyl halides is 3. The highest BCUT2D eigenvalue weighted by molar-refractivity contribution is 4.86. The zero-order valence-electron chi connectivity index (χ0n) is 9.74. The number of aromatic nitrogens is 2. The van der Waals surface area contributed by atoms with Crippen LogP contribution in [0.3, 0.4) is 0 Å². The van der Waals surface area contributed by atoms with Gasteiger partial charge < -0.3 is 9.30 Å². The van der Waals surface area contributed by atoms with Crippen LogP contribution < -0.4 is 11.2 Å². The number of hydrogen-bond donors (Lipinski definition) is 0. The van der Waals surface area contributed by atoms with Crippen molar-refractivity contribution in [3.63, 3.8) is 0 Å². The van der Waals surface area contributed by atoms with Gasteiger partial charge in [-0.3, -0.25) is 9.36 Å². The van der Waals surface area contributed by atoms with Crippen LogP contribution in [0.4, 0.5) is 13.2 Å². The average molecular weight is 266 g/mol. The third-order valence-corrected chi connectivity index (χ3v) is 2.21. The number of ether oxygens (including phenoxy) is 1. The van der Waals surface area contributed by atoms with E-state index in [9.17, 15) is 22.8 Å². The number of rotatable bonds is 5. The molecule has 0 N–H and O–H groups in total. The van der Waals surface area contributed by atoms with E-state index in [0.717, 1.165) is 4.57 Å². The number of hydrogen-bond acceptors (Lipinski definition) is 3. The van der Waals surface area contributed by atoms with E-state index in [2.05, 4.69) is 4.74 Å². The molecule has 0 aliphatic heterocycles. The highest BCUT2D eigenvalue weighted by atomic mass is 19.4. The van der Waals surface area contributed by atoms with E-state index >= 15 is 0 Å². The molecule has 5 nitrogen and oxygen atoms in total. The summed E-state index contributed by atoms with van der Waals surface area (Å²) in [4.78, 5) is 23.0. The summed E-state index contributed by atoms with van der Waals surface area (Å²) >= 11 is 0. The molecule has 0 aromatic carbocycles. The maximum Gasteiger partial charge on any atom is 0.411 e. The lowest BCUT2D eigenvalue weighted by Gasteiger charge is -2.09. The van der Waals surface area contributed by atoms with E-state index in [-0.39, 0.29) is 13.2 Å². The first-order valence-corrected chi connectivity index (χ1v) is 5.30. The SMILES string of the molecule is CCn1ccc(=O)n(CCOCC(F)(F)F)c1=O. The van der Waals surface area contributed by atoms with E-state index in [1.807, 2.05) is 0 Å². The Labute approximate surface area is 100 Å². The van der Waals surface area contributed by atoms with Crippen molar-refractivity contribution >= 4 is 0 Å². The third kappa shape index (κ3) is 4.02. The second-order valence-corrected chi connectivity index (χ2v) is 3.54. The molecule has 1 aromatic rings. The van der Waals surface area contributed by atoms with Gasteiger partial charge in [0.05, 0.1) is 13.2 Å². The van der Waals surface area contributed by atoms with Crippen molar-refractivity contribution in [2.24, 2.45) is 0 Å². The first-order valence-electron chi connectivity index (χ1n) is 5.30. The Balaban J connectivity index is 2.68. The summed E-state index contributed by atoms with van der Waals surface area (Å²) in [5, 5.41) is 0. The quantitative estimate of drug-likeness (QED) is 0.734. The summed E-state index contributed by atoms with van der Waals surface area (Å²) in [6, 6.07) is 1.19. The first-order chi connectivity index (χ1) is 8.35. The van der Waals surface area contributed by atoms with E-state index < -0.39 is 24.0 Å². The normalized spacial score (nSPS) is 11.8. The number of nitrogens with zero attached hydrogens (tertiary/aromatic N) is 2. The molecule has 8 heteroatoms. The fraction of sp³-hybridized carbons (Fsp3) is 0.600. The molecular formula is C10H13F3N2O3. The van der Waals surface area contributed by atoms with Gasteiger partial charge in [-0.1, -0.05) is 0 Å². The van der Waals surface area contributed by atoms with Gasteiger partial charge in [-0.15, -0.1) is 0 Å². The van der Waals surface area contributed by atoms with Crippen LogP contribution in [-0.4, -0.2) is 28.5 Å². The van der Waals surface area contributed by atoms with Crippen LogP contribution in [0, 0.1) is 0 Å². The summed E-state index contributed by atoms with van der Waals surface area (Å²) in [5.74, 6) is 0. The van der Waals surface area contributed by atoms with Crippen molar-refractivity contribution in [1.29, 1.82) is 0 Å². The molecule has 0 spiro atoms. The number of halogens is 3. The van der Waals surface area contributed by atoms with Gasteiger partial charge >= 0.3 is 11.9 Å². The van der Waals surface area contributed by atoms with Gasteiger partial charge in [0.15, 0.2) is 0 Å². The predicted octanol–water partition coefficient (Wildman–Crippen LogP) is 0.609. The molecule has 102 valence electrons. The van der Waals surface area contributed by atoms with E-state index in [1.165, 1.54) is 16.8 Å². The molecule has 18 heavy (non-hydrogen) atoms. The van der Waals surface area contributed by atoms with Crippen LogP contribution in [-0.2, 0) is 17.8 Å². The van der Waals surface area contributed by atoms with Gasteiger partial charge in [-0.05, 0) is 6.92 Å². The van der Waals surface area contributed by atoms with Gasteiger partial charge in [-0.25, -0.2) is 4.79 Å². The van der Waals surface area contributed by atoms with Crippen molar-refractivity contribution in [1.82, 2.24) is 9.13 Å². The number of aryl methyl sites for hydroxylation is 1. The van der Waals surface area contributed by atoms with Crippen LogP contribution in [0.1, 0.15) is 6.92 Å². The van der Waals surface area contributed by atoms with Crippen molar-refractivity contribution in [2.45, 2.75) is 26.2 Å². The van der Waals surface area contributed by atoms with E-state index in [0.29, 0.717) is 6.54 Å². The van der Waals surface area contributed by atoms with Gasteiger partial charge in [0, 0.05) is 18.8 Å². The summed E-state index contributed by atoms with van der Waals surface area (Å²) in [7, 11) is 0. The minimum absolute atomic E-state index is 0.200. The lowest BCUT2D eigenvalue weighted by atomic mass is 10.5. The predicted molar refractivity (Wildman–Crippen MR) is 57.5 cm³/mol. The second-order valence-electron chi connectivity index (χ2n) is 3.54. The van der Waals surface area contributed by atoms with Crippen molar-refractivity contribution in [2.75, 3.05) is 13.2 Å². The van der Waals surface area contributed by atoms with Crippen molar-refractivity contribution in [3.05, 3.63) is 33.1 Å². The van der Waals surface area contributed by atoms with Gasteiger partial charge in [-0.2, -0.15) is 13.2 Å². The van der Waals surface area contributed by atoms with Crippen LogP contribution in [0.2, 0.25) is 0 Å². The van der Waals surface area contributed by atoms with Gasteiger partial charge in [0.2, 0.25) is 0 Å². The monoisotopic (exact) mass is 266 g/mol. The van der Waals surface area contributed by atoms with Crippen LogP contribution in [0.5, 0.6) is 0 Å². The minimum Gasteiger partial charge on any atom is -0.370 e. The first kappa shape index (κ1) is 14.5. The lowest BCUT2D eigenvalue weighted by Crippen LogP contribution is -2.39. The van der Waals surface area contributed by atoms with Crippen molar-refractivity contribution in [3.8, 4) is 0 Å². The smallest absolute Gasteiger partial charge is 0.370 e. The van der Waals surface area contributed by atoms with Gasteiger partial charge in [0.25, 0.3) is 5.56 Å². The Hall–Kier alpha value is -1.57. The molecule has 0 fully saturated rings. The fourth-order valence-corrected chi connectivity index (χ4v) is 1.35. The summed E-state index contributed by atoms with van der Waals surface area (Å²) < 4.78 is 41.9. The van der Waals surface area contributed by atoms with Crippen LogP contribution in [0.15, 0.2) is 21.9 Å². The van der Waals surface area contributed by atoms with Gasteiger partial charge in [0.1, 0.15) is 6.61 Å². The molecule has 0 bridgehead atoms. The molecule has 0 saturated carbocycles. The molecule has 0 amide bonds. The molecule has 1 aromatic heterocycles. The Bertz CT molecular complexity index is 504. The Morgan fingerprint density at radius 1 is 1.33 bits per heavy atom. The molecule has 0 unspecified atom stereocenters. The molecule has 0 aliphatic carbocycles. The maximum atomic E-state index is 11.8. The largest absolute Gasteiger partial charge is 0.411 e. The maximum absolute atomic E-state index is 11.8. The molecule has 0 aliphatic rings. The summed E-state index contributed by atoms with van der Waals surface area (Å²) in [6.07, 6.45) is -3.07. The van der Waals surface area contributed by atoms with E-state index in [1.54, 1.807) is 6.92 Å². The highest BCUT2D eigenvalue weighted by Gasteiger charge is 2.27. The van der Waals surface area contributed by atoms with Crippen LogP contribution >= 0.6 is 0 Å². The average Bonchev–Trinajstić information content (AvgIpc) is 2.26. The van der Waals surface area contributed by atoms with Crippen LogP contribution in [0.25, 0.3) is 0 Å². The zero-order valence-corrected chi connectivity index (χ0v) is 9.74. The molecule has 1 heterocycles. The molecule has 0 radical (unpaired) electrons. The molecule has 0 atom stereocenters. The lowest BCUT2D eigenvalue weighted by molar-refractivity contribution is -0.174. The second kappa shape index (κ2) is 5.85. The molecule has 1 rings (SSSR count). The van der Waals surface area contributed by atoms with E-state index in [4.69, 9.17) is 0 Å². The highest BCUT2D eigenvalue weighted by Crippen LogP contribution is 2.14. The zero-order chi connectivity index (χ0) is 13.8. The standard InChI is InChI=1S/C10H13F3N2O3/c1-2-14-4-3-8(16)15(9(14)17)5-6-18-7-10(11,12)13/h3-4H,2,5-7H2,1H3. The molecule has 0 saturated heterocycles. The third-order valence-electron chi connectivity index (χ3n) is 2.21.